The van der Waals surface area contributed by atoms with Gasteiger partial charge >= 0.3 is 0 Å². The molecule has 0 aromatic heterocycles. The molecule has 0 unspecified atom stereocenters. The zero-order chi connectivity index (χ0) is 9.97. The van der Waals surface area contributed by atoms with Crippen LogP contribution in [-0.4, -0.2) is 7.85 Å². The van der Waals surface area contributed by atoms with Crippen LogP contribution in [0.2, 0.25) is 0 Å². The summed E-state index contributed by atoms with van der Waals surface area (Å²) in [5.41, 5.74) is 9.41. The highest BCUT2D eigenvalue weighted by Gasteiger charge is 1.96. The highest BCUT2D eigenvalue weighted by Crippen LogP contribution is 2.18. The van der Waals surface area contributed by atoms with Gasteiger partial charge in [-0.15, -0.1) is 0 Å². The molecule has 0 saturated carbocycles. The molecule has 0 amide bonds. The second-order valence-electron chi connectivity index (χ2n) is 3.25. The lowest BCUT2D eigenvalue weighted by Gasteiger charge is -2.03. The smallest absolute Gasteiger partial charge is 0.113 e. The Balaban J connectivity index is 2.44. The van der Waals surface area contributed by atoms with Crippen molar-refractivity contribution in [3.8, 4) is 11.1 Å². The van der Waals surface area contributed by atoms with Crippen LogP contribution < -0.4 is 11.2 Å². The largest absolute Gasteiger partial charge is 0.399 e. The Labute approximate surface area is 85.0 Å². The molecular weight excluding hydrogens is 169 g/mol. The van der Waals surface area contributed by atoms with E-state index in [1.54, 1.807) is 0 Å². The maximum Gasteiger partial charge on any atom is 0.113 e. The minimum Gasteiger partial charge on any atom is -0.399 e. The lowest BCUT2D eigenvalue weighted by atomic mass is 9.92. The van der Waals surface area contributed by atoms with Crippen LogP contribution in [0.4, 0.5) is 5.69 Å². The SMILES string of the molecule is [B]c1cccc(-c2ccc(N)cc2)c1. The van der Waals surface area contributed by atoms with Gasteiger partial charge in [0.25, 0.3) is 0 Å². The quantitative estimate of drug-likeness (QED) is 0.523. The fourth-order valence-electron chi connectivity index (χ4n) is 1.39. The topological polar surface area (TPSA) is 26.0 Å². The molecule has 2 aromatic carbocycles. The van der Waals surface area contributed by atoms with E-state index in [-0.39, 0.29) is 0 Å². The molecule has 0 saturated heterocycles. The fraction of sp³-hybridized carbons (Fsp3) is 0. The monoisotopic (exact) mass is 179 g/mol. The van der Waals surface area contributed by atoms with Crippen molar-refractivity contribution >= 4 is 19.0 Å². The van der Waals surface area contributed by atoms with Gasteiger partial charge in [0.1, 0.15) is 7.85 Å². The van der Waals surface area contributed by atoms with E-state index in [4.69, 9.17) is 13.6 Å². The summed E-state index contributed by atoms with van der Waals surface area (Å²) < 4.78 is 0. The normalized spacial score (nSPS) is 10.0. The number of nitrogens with two attached hydrogens (primary N) is 1. The zero-order valence-corrected chi connectivity index (χ0v) is 7.77. The second-order valence-corrected chi connectivity index (χ2v) is 3.25. The number of anilines is 1. The van der Waals surface area contributed by atoms with Crippen molar-refractivity contribution in [1.29, 1.82) is 0 Å². The van der Waals surface area contributed by atoms with Crippen molar-refractivity contribution in [1.82, 2.24) is 0 Å². The predicted molar refractivity (Wildman–Crippen MR) is 61.7 cm³/mol. The molecule has 2 radical (unpaired) electrons. The molecule has 2 N–H and O–H groups in total. The highest BCUT2D eigenvalue weighted by molar-refractivity contribution is 6.32. The Hall–Kier alpha value is -1.70. The van der Waals surface area contributed by atoms with Crippen molar-refractivity contribution in [3.05, 3.63) is 48.5 Å². The van der Waals surface area contributed by atoms with Gasteiger partial charge < -0.3 is 5.73 Å². The lowest BCUT2D eigenvalue weighted by molar-refractivity contribution is 1.63. The maximum absolute atomic E-state index is 5.70. The Morgan fingerprint density at radius 1 is 0.857 bits per heavy atom. The molecule has 0 aliphatic rings. The molecule has 14 heavy (non-hydrogen) atoms. The molecule has 0 spiro atoms. The number of nitrogen functional groups attached to an aromatic ring is 1. The van der Waals surface area contributed by atoms with Crippen LogP contribution in [0.25, 0.3) is 11.1 Å². The van der Waals surface area contributed by atoms with Crippen LogP contribution in [0.1, 0.15) is 0 Å². The predicted octanol–water partition coefficient (Wildman–Crippen LogP) is 1.73. The van der Waals surface area contributed by atoms with Gasteiger partial charge in [0.05, 0.1) is 0 Å². The molecule has 0 aliphatic heterocycles. The van der Waals surface area contributed by atoms with Gasteiger partial charge in [-0.1, -0.05) is 41.9 Å². The third-order valence-electron chi connectivity index (χ3n) is 2.13. The first kappa shape index (κ1) is 8.88. The Kier molecular flexibility index (Phi) is 2.27. The first-order valence-electron chi connectivity index (χ1n) is 4.47. The van der Waals surface area contributed by atoms with E-state index < -0.39 is 0 Å². The highest BCUT2D eigenvalue weighted by atomic mass is 14.5. The van der Waals surface area contributed by atoms with Crippen LogP contribution in [0, 0.1) is 0 Å². The van der Waals surface area contributed by atoms with E-state index in [1.165, 1.54) is 0 Å². The van der Waals surface area contributed by atoms with E-state index >= 15 is 0 Å². The number of rotatable bonds is 1. The van der Waals surface area contributed by atoms with Crippen LogP contribution in [0.15, 0.2) is 48.5 Å². The van der Waals surface area contributed by atoms with Gasteiger partial charge in [0.15, 0.2) is 0 Å². The van der Waals surface area contributed by atoms with E-state index in [0.717, 1.165) is 22.3 Å². The van der Waals surface area contributed by atoms with Crippen molar-refractivity contribution in [2.24, 2.45) is 0 Å². The van der Waals surface area contributed by atoms with Gasteiger partial charge in [0, 0.05) is 5.69 Å². The number of benzene rings is 2. The van der Waals surface area contributed by atoms with Crippen molar-refractivity contribution in [3.63, 3.8) is 0 Å². The molecule has 1 nitrogen and oxygen atoms in total. The molecular formula is C12H10BN. The van der Waals surface area contributed by atoms with Crippen molar-refractivity contribution in [2.45, 2.75) is 0 Å². The molecule has 0 atom stereocenters. The third-order valence-corrected chi connectivity index (χ3v) is 2.13. The van der Waals surface area contributed by atoms with Gasteiger partial charge in [-0.05, 0) is 23.3 Å². The van der Waals surface area contributed by atoms with E-state index in [1.807, 2.05) is 48.5 Å². The standard InChI is InChI=1S/C12H10BN/c13-11-3-1-2-10(8-11)9-4-6-12(14)7-5-9/h1-8H,14H2. The Morgan fingerprint density at radius 3 is 2.21 bits per heavy atom. The summed E-state index contributed by atoms with van der Waals surface area (Å²) in [6, 6.07) is 15.6. The van der Waals surface area contributed by atoms with Gasteiger partial charge in [0.2, 0.25) is 0 Å². The maximum atomic E-state index is 5.70. The van der Waals surface area contributed by atoms with E-state index in [2.05, 4.69) is 0 Å². The lowest BCUT2D eigenvalue weighted by Crippen LogP contribution is -2.00. The van der Waals surface area contributed by atoms with Gasteiger partial charge in [-0.2, -0.15) is 0 Å². The first-order chi connectivity index (χ1) is 6.75. The first-order valence-corrected chi connectivity index (χ1v) is 4.47. The van der Waals surface area contributed by atoms with Crippen molar-refractivity contribution in [2.75, 3.05) is 5.73 Å². The Bertz CT molecular complexity index is 434. The average Bonchev–Trinajstić information content (AvgIpc) is 2.19. The molecule has 66 valence electrons. The minimum atomic E-state index is 0.776. The third kappa shape index (κ3) is 1.79. The summed E-state index contributed by atoms with van der Waals surface area (Å²) in [5.74, 6) is 0. The molecule has 0 fully saturated rings. The molecule has 2 heteroatoms. The van der Waals surface area contributed by atoms with Crippen LogP contribution >= 0.6 is 0 Å². The summed E-state index contributed by atoms with van der Waals surface area (Å²) >= 11 is 0. The summed E-state index contributed by atoms with van der Waals surface area (Å²) in [7, 11) is 5.70. The van der Waals surface area contributed by atoms with Crippen LogP contribution in [-0.2, 0) is 0 Å². The number of hydrogen-bond acceptors (Lipinski definition) is 1. The molecule has 2 rings (SSSR count). The molecule has 2 aromatic rings. The zero-order valence-electron chi connectivity index (χ0n) is 7.77. The van der Waals surface area contributed by atoms with Gasteiger partial charge in [-0.3, -0.25) is 0 Å². The molecule has 0 bridgehead atoms. The summed E-state index contributed by atoms with van der Waals surface area (Å²) in [5, 5.41) is 0. The minimum absolute atomic E-state index is 0.776. The number of hydrogen-bond donors (Lipinski definition) is 1. The van der Waals surface area contributed by atoms with Crippen molar-refractivity contribution < 1.29 is 0 Å². The summed E-state index contributed by atoms with van der Waals surface area (Å²) in [4.78, 5) is 0. The second kappa shape index (κ2) is 3.58. The Morgan fingerprint density at radius 2 is 1.57 bits per heavy atom. The van der Waals surface area contributed by atoms with E-state index in [0.29, 0.717) is 0 Å². The fourth-order valence-corrected chi connectivity index (χ4v) is 1.39. The summed E-state index contributed by atoms with van der Waals surface area (Å²) in [6.07, 6.45) is 0. The van der Waals surface area contributed by atoms with Gasteiger partial charge in [-0.25, -0.2) is 0 Å². The molecule has 0 aliphatic carbocycles. The molecule has 0 heterocycles. The van der Waals surface area contributed by atoms with Crippen LogP contribution in [0.3, 0.4) is 0 Å². The average molecular weight is 179 g/mol. The van der Waals surface area contributed by atoms with E-state index in [9.17, 15) is 0 Å². The summed E-state index contributed by atoms with van der Waals surface area (Å²) in [6.45, 7) is 0. The van der Waals surface area contributed by atoms with Crippen LogP contribution in [0.5, 0.6) is 0 Å².